The van der Waals surface area contributed by atoms with Crippen molar-refractivity contribution in [2.24, 2.45) is 5.84 Å². The van der Waals surface area contributed by atoms with Crippen LogP contribution in [0.2, 0.25) is 0 Å². The summed E-state index contributed by atoms with van der Waals surface area (Å²) < 4.78 is 0. The highest BCUT2D eigenvalue weighted by Crippen LogP contribution is 2.15. The first-order valence-corrected chi connectivity index (χ1v) is 3.47. The van der Waals surface area contributed by atoms with Crippen LogP contribution in [0, 0.1) is 0 Å². The maximum Gasteiger partial charge on any atom is 0.150 e. The first-order chi connectivity index (χ1) is 5.81. The molecule has 1 rings (SSSR count). The van der Waals surface area contributed by atoms with Gasteiger partial charge in [0.25, 0.3) is 0 Å². The van der Waals surface area contributed by atoms with Gasteiger partial charge in [-0.05, 0) is 18.2 Å². The highest BCUT2D eigenvalue weighted by atomic mass is 16.3. The summed E-state index contributed by atoms with van der Waals surface area (Å²) in [7, 11) is 0. The zero-order valence-electron chi connectivity index (χ0n) is 6.45. The number of hydrogen-bond donors (Lipinski definition) is 3. The van der Waals surface area contributed by atoms with Crippen molar-refractivity contribution >= 4 is 12.0 Å². The van der Waals surface area contributed by atoms with Gasteiger partial charge in [0, 0.05) is 11.1 Å². The molecular weight excluding hydrogens is 156 g/mol. The minimum absolute atomic E-state index is 0.138. The molecule has 0 aliphatic rings. The molecule has 1 aromatic rings. The summed E-state index contributed by atoms with van der Waals surface area (Å²) in [6, 6.07) is 4.86. The van der Waals surface area contributed by atoms with E-state index in [1.54, 1.807) is 18.2 Å². The molecule has 0 aliphatic carbocycles. The number of nitrogen functional groups attached to an aromatic ring is 1. The maximum atomic E-state index is 10.3. The topological polar surface area (TPSA) is 75.3 Å². The van der Waals surface area contributed by atoms with Crippen molar-refractivity contribution in [3.8, 4) is 0 Å². The fraction of sp³-hybridized carbons (Fsp3) is 0.125. The van der Waals surface area contributed by atoms with Gasteiger partial charge < -0.3 is 10.5 Å². The highest BCUT2D eigenvalue weighted by molar-refractivity contribution is 5.76. The van der Waals surface area contributed by atoms with Gasteiger partial charge in [-0.1, -0.05) is 0 Å². The summed E-state index contributed by atoms with van der Waals surface area (Å²) in [6.45, 7) is -0.138. The zero-order valence-corrected chi connectivity index (χ0v) is 6.45. The third-order valence-corrected chi connectivity index (χ3v) is 1.59. The standard InChI is InChI=1S/C8H10N2O2/c9-10-8-2-1-6(4-11)3-7(8)5-12/h1-4,10,12H,5,9H2. The summed E-state index contributed by atoms with van der Waals surface area (Å²) in [5.74, 6) is 5.17. The van der Waals surface area contributed by atoms with Crippen LogP contribution in [-0.4, -0.2) is 11.4 Å². The van der Waals surface area contributed by atoms with Gasteiger partial charge in [0.15, 0.2) is 0 Å². The van der Waals surface area contributed by atoms with E-state index in [2.05, 4.69) is 5.43 Å². The first-order valence-electron chi connectivity index (χ1n) is 3.47. The van der Waals surface area contributed by atoms with Gasteiger partial charge in [0.2, 0.25) is 0 Å². The van der Waals surface area contributed by atoms with Gasteiger partial charge in [0.05, 0.1) is 12.3 Å². The van der Waals surface area contributed by atoms with Crippen molar-refractivity contribution in [3.05, 3.63) is 29.3 Å². The molecule has 4 nitrogen and oxygen atoms in total. The Hall–Kier alpha value is -1.39. The number of carbonyl (C=O) groups is 1. The van der Waals surface area contributed by atoms with Crippen molar-refractivity contribution in [1.82, 2.24) is 0 Å². The van der Waals surface area contributed by atoms with E-state index in [1.165, 1.54) is 0 Å². The Morgan fingerprint density at radius 1 is 1.58 bits per heavy atom. The van der Waals surface area contributed by atoms with Crippen LogP contribution in [0.15, 0.2) is 18.2 Å². The number of anilines is 1. The van der Waals surface area contributed by atoms with Crippen LogP contribution in [0.4, 0.5) is 5.69 Å². The molecule has 1 aromatic carbocycles. The summed E-state index contributed by atoms with van der Waals surface area (Å²) >= 11 is 0. The molecule has 0 spiro atoms. The first kappa shape index (κ1) is 8.70. The molecule has 0 atom stereocenters. The number of nitrogens with one attached hydrogen (secondary N) is 1. The quantitative estimate of drug-likeness (QED) is 0.342. The minimum atomic E-state index is -0.138. The second kappa shape index (κ2) is 3.85. The molecule has 0 radical (unpaired) electrons. The lowest BCUT2D eigenvalue weighted by atomic mass is 10.1. The number of benzene rings is 1. The van der Waals surface area contributed by atoms with Crippen LogP contribution < -0.4 is 11.3 Å². The van der Waals surface area contributed by atoms with Crippen molar-refractivity contribution in [2.45, 2.75) is 6.61 Å². The van der Waals surface area contributed by atoms with Crippen LogP contribution >= 0.6 is 0 Å². The number of aldehydes is 1. The molecule has 64 valence electrons. The molecular formula is C8H10N2O2. The van der Waals surface area contributed by atoms with E-state index in [0.29, 0.717) is 16.8 Å². The molecule has 4 heteroatoms. The number of rotatable bonds is 3. The fourth-order valence-electron chi connectivity index (χ4n) is 0.959. The molecule has 0 saturated carbocycles. The van der Waals surface area contributed by atoms with E-state index in [0.717, 1.165) is 6.29 Å². The molecule has 0 amide bonds. The molecule has 0 fully saturated rings. The Labute approximate surface area is 70.0 Å². The monoisotopic (exact) mass is 166 g/mol. The number of hydrazine groups is 1. The van der Waals surface area contributed by atoms with Crippen molar-refractivity contribution in [1.29, 1.82) is 0 Å². The Balaban J connectivity index is 3.10. The molecule has 0 heterocycles. The smallest absolute Gasteiger partial charge is 0.150 e. The van der Waals surface area contributed by atoms with Crippen LogP contribution in [0.25, 0.3) is 0 Å². The fourth-order valence-corrected chi connectivity index (χ4v) is 0.959. The Morgan fingerprint density at radius 2 is 2.33 bits per heavy atom. The minimum Gasteiger partial charge on any atom is -0.392 e. The average Bonchev–Trinajstić information content (AvgIpc) is 2.16. The third kappa shape index (κ3) is 1.61. The third-order valence-electron chi connectivity index (χ3n) is 1.59. The highest BCUT2D eigenvalue weighted by Gasteiger charge is 2.00. The Kier molecular flexibility index (Phi) is 2.79. The molecule has 12 heavy (non-hydrogen) atoms. The zero-order chi connectivity index (χ0) is 8.97. The normalized spacial score (nSPS) is 9.50. The van der Waals surface area contributed by atoms with E-state index < -0.39 is 0 Å². The maximum absolute atomic E-state index is 10.3. The lowest BCUT2D eigenvalue weighted by Crippen LogP contribution is -2.09. The molecule has 0 aliphatic heterocycles. The second-order valence-corrected chi connectivity index (χ2v) is 2.34. The van der Waals surface area contributed by atoms with E-state index in [-0.39, 0.29) is 6.61 Å². The van der Waals surface area contributed by atoms with Crippen molar-refractivity contribution < 1.29 is 9.90 Å². The molecule has 0 unspecified atom stereocenters. The van der Waals surface area contributed by atoms with Gasteiger partial charge in [-0.15, -0.1) is 0 Å². The average molecular weight is 166 g/mol. The van der Waals surface area contributed by atoms with Crippen LogP contribution in [-0.2, 0) is 6.61 Å². The van der Waals surface area contributed by atoms with Crippen LogP contribution in [0.3, 0.4) is 0 Å². The van der Waals surface area contributed by atoms with Crippen LogP contribution in [0.1, 0.15) is 15.9 Å². The summed E-state index contributed by atoms with van der Waals surface area (Å²) in [5, 5.41) is 8.86. The number of carbonyl (C=O) groups excluding carboxylic acids is 1. The molecule has 0 bridgehead atoms. The van der Waals surface area contributed by atoms with Crippen molar-refractivity contribution in [3.63, 3.8) is 0 Å². The second-order valence-electron chi connectivity index (χ2n) is 2.34. The largest absolute Gasteiger partial charge is 0.392 e. The summed E-state index contributed by atoms with van der Waals surface area (Å²) in [5.41, 5.74) is 4.19. The van der Waals surface area contributed by atoms with Gasteiger partial charge in [-0.3, -0.25) is 10.6 Å². The SMILES string of the molecule is NNc1ccc(C=O)cc1CO. The van der Waals surface area contributed by atoms with E-state index in [4.69, 9.17) is 10.9 Å². The number of aliphatic hydroxyl groups is 1. The summed E-state index contributed by atoms with van der Waals surface area (Å²) in [6.07, 6.45) is 0.722. The number of nitrogens with two attached hydrogens (primary N) is 1. The molecule has 4 N–H and O–H groups in total. The predicted molar refractivity (Wildman–Crippen MR) is 45.6 cm³/mol. The Morgan fingerprint density at radius 3 is 2.83 bits per heavy atom. The number of aliphatic hydroxyl groups excluding tert-OH is 1. The van der Waals surface area contributed by atoms with Crippen LogP contribution in [0.5, 0.6) is 0 Å². The predicted octanol–water partition coefficient (Wildman–Crippen LogP) is 0.277. The molecule has 0 aromatic heterocycles. The van der Waals surface area contributed by atoms with Gasteiger partial charge in [-0.2, -0.15) is 0 Å². The van der Waals surface area contributed by atoms with Gasteiger partial charge in [-0.25, -0.2) is 0 Å². The van der Waals surface area contributed by atoms with Crippen molar-refractivity contribution in [2.75, 3.05) is 5.43 Å². The lowest BCUT2D eigenvalue weighted by molar-refractivity contribution is 0.112. The lowest BCUT2D eigenvalue weighted by Gasteiger charge is -2.05. The Bertz CT molecular complexity index is 286. The van der Waals surface area contributed by atoms with E-state index in [9.17, 15) is 4.79 Å². The van der Waals surface area contributed by atoms with Gasteiger partial charge in [0.1, 0.15) is 6.29 Å². The van der Waals surface area contributed by atoms with Gasteiger partial charge >= 0.3 is 0 Å². The van der Waals surface area contributed by atoms with E-state index in [1.807, 2.05) is 0 Å². The summed E-state index contributed by atoms with van der Waals surface area (Å²) in [4.78, 5) is 10.3. The van der Waals surface area contributed by atoms with E-state index >= 15 is 0 Å². The molecule has 0 saturated heterocycles. The number of hydrogen-bond acceptors (Lipinski definition) is 4.